The number of amides is 2. The Labute approximate surface area is 168 Å². The highest BCUT2D eigenvalue weighted by Crippen LogP contribution is 2.21. The molecule has 1 unspecified atom stereocenters. The normalized spacial score (nSPS) is 20.9. The third-order valence-electron chi connectivity index (χ3n) is 6.09. The van der Waals surface area contributed by atoms with Crippen molar-refractivity contribution < 1.29 is 14.3 Å². The number of aryl methyl sites for hydroxylation is 1. The Morgan fingerprint density at radius 2 is 1.86 bits per heavy atom. The summed E-state index contributed by atoms with van der Waals surface area (Å²) in [6, 6.07) is 6.00. The molecule has 28 heavy (non-hydrogen) atoms. The molecule has 0 radical (unpaired) electrons. The minimum Gasteiger partial charge on any atom is -0.496 e. The third-order valence-corrected chi connectivity index (χ3v) is 6.09. The zero-order valence-corrected chi connectivity index (χ0v) is 17.4. The van der Waals surface area contributed by atoms with Gasteiger partial charge >= 0.3 is 0 Å². The van der Waals surface area contributed by atoms with Gasteiger partial charge in [0, 0.05) is 44.3 Å². The summed E-state index contributed by atoms with van der Waals surface area (Å²) in [5.41, 5.74) is 1.68. The van der Waals surface area contributed by atoms with E-state index in [4.69, 9.17) is 4.74 Å². The van der Waals surface area contributed by atoms with E-state index in [1.165, 1.54) is 6.42 Å². The van der Waals surface area contributed by atoms with E-state index < -0.39 is 0 Å². The fourth-order valence-electron chi connectivity index (χ4n) is 4.28. The van der Waals surface area contributed by atoms with Crippen LogP contribution in [-0.4, -0.2) is 78.9 Å². The maximum atomic E-state index is 12.8. The van der Waals surface area contributed by atoms with Gasteiger partial charge in [0.05, 0.1) is 13.7 Å². The predicted molar refractivity (Wildman–Crippen MR) is 110 cm³/mol. The van der Waals surface area contributed by atoms with E-state index in [1.807, 2.05) is 30.0 Å². The Bertz CT molecular complexity index is 698. The van der Waals surface area contributed by atoms with Crippen LogP contribution in [0.25, 0.3) is 0 Å². The zero-order valence-electron chi connectivity index (χ0n) is 17.4. The number of methoxy groups -OCH3 is 1. The Hall–Kier alpha value is -2.08. The van der Waals surface area contributed by atoms with E-state index in [-0.39, 0.29) is 11.8 Å². The molecule has 0 aromatic heterocycles. The second-order valence-electron chi connectivity index (χ2n) is 7.90. The number of ether oxygens (including phenoxy) is 1. The van der Waals surface area contributed by atoms with E-state index >= 15 is 0 Å². The number of rotatable bonds is 5. The first-order valence-electron chi connectivity index (χ1n) is 10.5. The molecule has 1 atom stereocenters. The molecule has 6 heteroatoms. The van der Waals surface area contributed by atoms with Crippen LogP contribution in [0.5, 0.6) is 5.75 Å². The Balaban J connectivity index is 1.52. The molecule has 6 nitrogen and oxygen atoms in total. The van der Waals surface area contributed by atoms with Crippen molar-refractivity contribution in [3.63, 3.8) is 0 Å². The largest absolute Gasteiger partial charge is 0.496 e. The lowest BCUT2D eigenvalue weighted by molar-refractivity contribution is -0.136. The maximum absolute atomic E-state index is 12.8. The molecule has 0 aliphatic carbocycles. The Kier molecular flexibility index (Phi) is 6.94. The minimum absolute atomic E-state index is 0.0337. The van der Waals surface area contributed by atoms with Crippen LogP contribution in [0.3, 0.4) is 0 Å². The second kappa shape index (κ2) is 9.41. The molecule has 0 spiro atoms. The molecule has 2 amide bonds. The summed E-state index contributed by atoms with van der Waals surface area (Å²) in [6.45, 7) is 8.28. The highest BCUT2D eigenvalue weighted by atomic mass is 16.5. The quantitative estimate of drug-likeness (QED) is 0.779. The first-order chi connectivity index (χ1) is 13.5. The lowest BCUT2D eigenvalue weighted by Crippen LogP contribution is -2.53. The smallest absolute Gasteiger partial charge is 0.254 e. The van der Waals surface area contributed by atoms with Crippen molar-refractivity contribution in [2.75, 3.05) is 46.4 Å². The number of piperazine rings is 1. The van der Waals surface area contributed by atoms with E-state index in [2.05, 4.69) is 16.7 Å². The molecule has 2 aliphatic heterocycles. The summed E-state index contributed by atoms with van der Waals surface area (Å²) in [6.07, 6.45) is 4.51. The van der Waals surface area contributed by atoms with Crippen LogP contribution in [0.15, 0.2) is 18.2 Å². The van der Waals surface area contributed by atoms with Gasteiger partial charge in [0.25, 0.3) is 5.91 Å². The molecule has 0 bridgehead atoms. The fourth-order valence-corrected chi connectivity index (χ4v) is 4.28. The van der Waals surface area contributed by atoms with Gasteiger partial charge in [0.15, 0.2) is 0 Å². The molecule has 2 aliphatic rings. The monoisotopic (exact) mass is 387 g/mol. The lowest BCUT2D eigenvalue weighted by atomic mass is 10.00. The number of hydrogen-bond acceptors (Lipinski definition) is 4. The van der Waals surface area contributed by atoms with Gasteiger partial charge in [-0.3, -0.25) is 14.5 Å². The molecule has 2 fully saturated rings. The maximum Gasteiger partial charge on any atom is 0.254 e. The van der Waals surface area contributed by atoms with Crippen LogP contribution in [0.1, 0.15) is 48.5 Å². The van der Waals surface area contributed by atoms with Gasteiger partial charge < -0.3 is 14.5 Å². The third kappa shape index (κ3) is 4.66. The topological polar surface area (TPSA) is 53.1 Å². The van der Waals surface area contributed by atoms with Gasteiger partial charge in [-0.15, -0.1) is 0 Å². The Morgan fingerprint density at radius 1 is 1.11 bits per heavy atom. The molecular formula is C22H33N3O3. The van der Waals surface area contributed by atoms with Crippen molar-refractivity contribution in [3.8, 4) is 5.75 Å². The highest BCUT2D eigenvalue weighted by Gasteiger charge is 2.28. The Morgan fingerprint density at radius 3 is 2.54 bits per heavy atom. The minimum atomic E-state index is 0.0337. The van der Waals surface area contributed by atoms with E-state index in [9.17, 15) is 9.59 Å². The molecular weight excluding hydrogens is 354 g/mol. The SMILES string of the molecule is CCC1CCCCN1C(=O)CN1CCN(C(=O)c2ccc(C)c(OC)c2)CC1. The van der Waals surface area contributed by atoms with Crippen molar-refractivity contribution in [1.82, 2.24) is 14.7 Å². The summed E-state index contributed by atoms with van der Waals surface area (Å²) in [5, 5.41) is 0. The number of likely N-dealkylation sites (tertiary alicyclic amines) is 1. The van der Waals surface area contributed by atoms with Gasteiger partial charge in [-0.2, -0.15) is 0 Å². The van der Waals surface area contributed by atoms with Crippen molar-refractivity contribution in [1.29, 1.82) is 0 Å². The standard InChI is InChI=1S/C22H33N3O3/c1-4-19-7-5-6-10-25(19)21(26)16-23-11-13-24(14-12-23)22(27)18-9-8-17(2)20(15-18)28-3/h8-9,15,19H,4-7,10-14,16H2,1-3H3. The second-order valence-corrected chi connectivity index (χ2v) is 7.90. The van der Waals surface area contributed by atoms with Crippen LogP contribution in [-0.2, 0) is 4.79 Å². The number of hydrogen-bond donors (Lipinski definition) is 0. The number of carbonyl (C=O) groups excluding carboxylic acids is 2. The van der Waals surface area contributed by atoms with Crippen LogP contribution in [0.4, 0.5) is 0 Å². The summed E-state index contributed by atoms with van der Waals surface area (Å²) in [4.78, 5) is 31.7. The van der Waals surface area contributed by atoms with Crippen LogP contribution >= 0.6 is 0 Å². The number of piperidine rings is 1. The predicted octanol–water partition coefficient (Wildman–Crippen LogP) is 2.55. The molecule has 2 heterocycles. The van der Waals surface area contributed by atoms with Gasteiger partial charge in [-0.05, 0) is 50.3 Å². The summed E-state index contributed by atoms with van der Waals surface area (Å²) >= 11 is 0. The lowest BCUT2D eigenvalue weighted by Gasteiger charge is -2.39. The molecule has 2 saturated heterocycles. The first-order valence-corrected chi connectivity index (χ1v) is 10.5. The molecule has 3 rings (SSSR count). The summed E-state index contributed by atoms with van der Waals surface area (Å²) in [7, 11) is 1.62. The molecule has 1 aromatic rings. The van der Waals surface area contributed by atoms with E-state index in [0.29, 0.717) is 31.2 Å². The van der Waals surface area contributed by atoms with Crippen LogP contribution < -0.4 is 4.74 Å². The van der Waals surface area contributed by atoms with Crippen LogP contribution in [0, 0.1) is 6.92 Å². The molecule has 154 valence electrons. The van der Waals surface area contributed by atoms with E-state index in [1.54, 1.807) is 7.11 Å². The molecule has 1 aromatic carbocycles. The zero-order chi connectivity index (χ0) is 20.1. The van der Waals surface area contributed by atoms with Gasteiger partial charge in [-0.25, -0.2) is 0 Å². The average molecular weight is 388 g/mol. The first kappa shape index (κ1) is 20.6. The van der Waals surface area contributed by atoms with Crippen molar-refractivity contribution >= 4 is 11.8 Å². The number of carbonyl (C=O) groups is 2. The van der Waals surface area contributed by atoms with Crippen LogP contribution in [0.2, 0.25) is 0 Å². The summed E-state index contributed by atoms with van der Waals surface area (Å²) < 4.78 is 5.34. The van der Waals surface area contributed by atoms with Gasteiger partial charge in [0.2, 0.25) is 5.91 Å². The van der Waals surface area contributed by atoms with Gasteiger partial charge in [-0.1, -0.05) is 13.0 Å². The molecule has 0 N–H and O–H groups in total. The van der Waals surface area contributed by atoms with Crippen molar-refractivity contribution in [2.24, 2.45) is 0 Å². The van der Waals surface area contributed by atoms with Crippen molar-refractivity contribution in [2.45, 2.75) is 45.6 Å². The average Bonchev–Trinajstić information content (AvgIpc) is 2.74. The summed E-state index contributed by atoms with van der Waals surface area (Å²) in [5.74, 6) is 1.02. The highest BCUT2D eigenvalue weighted by molar-refractivity contribution is 5.94. The number of nitrogens with zero attached hydrogens (tertiary/aromatic N) is 3. The van der Waals surface area contributed by atoms with E-state index in [0.717, 1.165) is 50.2 Å². The number of benzene rings is 1. The van der Waals surface area contributed by atoms with Gasteiger partial charge in [0.1, 0.15) is 5.75 Å². The van der Waals surface area contributed by atoms with Crippen molar-refractivity contribution in [3.05, 3.63) is 29.3 Å². The molecule has 0 saturated carbocycles. The fraction of sp³-hybridized carbons (Fsp3) is 0.636.